The predicted octanol–water partition coefficient (Wildman–Crippen LogP) is 6.74. The molecule has 1 aliphatic heterocycles. The fourth-order valence-electron chi connectivity index (χ4n) is 3.94. The van der Waals surface area contributed by atoms with E-state index in [4.69, 9.17) is 13.6 Å². The van der Waals surface area contributed by atoms with Gasteiger partial charge in [-0.25, -0.2) is 0 Å². The Labute approximate surface area is 210 Å². The minimum atomic E-state index is -2.28. The number of aliphatic hydroxyl groups is 1. The summed E-state index contributed by atoms with van der Waals surface area (Å²) in [6.07, 6.45) is 3.31. The third-order valence-electron chi connectivity index (χ3n) is 8.37. The number of rotatable bonds is 12. The summed E-state index contributed by atoms with van der Waals surface area (Å²) in [5.74, 6) is -0.414. The number of hydrogen-bond acceptors (Lipinski definition) is 6. The molecule has 0 saturated carbocycles. The summed E-state index contributed by atoms with van der Waals surface area (Å²) in [6, 6.07) is -0.964. The molecule has 7 nitrogen and oxygen atoms in total. The van der Waals surface area contributed by atoms with Gasteiger partial charge in [0.1, 0.15) is 6.10 Å². The van der Waals surface area contributed by atoms with Crippen molar-refractivity contribution >= 4 is 16.6 Å². The Kier molecular flexibility index (Phi) is 11.4. The van der Waals surface area contributed by atoms with Crippen molar-refractivity contribution in [2.45, 2.75) is 148 Å². The second-order valence-electron chi connectivity index (χ2n) is 13.1. The van der Waals surface area contributed by atoms with Crippen LogP contribution in [0, 0.1) is 16.0 Å². The van der Waals surface area contributed by atoms with Crippen molar-refractivity contribution in [3.05, 3.63) is 10.1 Å². The van der Waals surface area contributed by atoms with Gasteiger partial charge in [0.2, 0.25) is 6.04 Å². The van der Waals surface area contributed by atoms with E-state index in [0.29, 0.717) is 6.42 Å². The van der Waals surface area contributed by atoms with Crippen LogP contribution in [0.25, 0.3) is 0 Å². The zero-order chi connectivity index (χ0) is 26.5. The molecule has 9 heteroatoms. The Bertz CT molecular complexity index is 644. The first kappa shape index (κ1) is 31.7. The van der Waals surface area contributed by atoms with Crippen LogP contribution in [0.15, 0.2) is 0 Å². The van der Waals surface area contributed by atoms with Crippen LogP contribution in [-0.2, 0) is 13.6 Å². The van der Waals surface area contributed by atoms with Gasteiger partial charge in [-0.1, -0.05) is 80.6 Å². The average Bonchev–Trinajstić information content (AvgIpc) is 2.66. The topological polar surface area (TPSA) is 91.1 Å². The first-order chi connectivity index (χ1) is 15.4. The summed E-state index contributed by atoms with van der Waals surface area (Å²) < 4.78 is 18.8. The van der Waals surface area contributed by atoms with E-state index < -0.39 is 47.1 Å². The summed E-state index contributed by atoms with van der Waals surface area (Å²) >= 11 is 0. The number of unbranched alkanes of at least 4 members (excludes halogenated alkanes) is 4. The minimum Gasteiger partial charge on any atom is -0.414 e. The van der Waals surface area contributed by atoms with E-state index in [1.807, 2.05) is 0 Å². The third kappa shape index (κ3) is 8.37. The summed E-state index contributed by atoms with van der Waals surface area (Å²) in [5.41, 5.74) is 0. The minimum absolute atomic E-state index is 0.0168. The monoisotopic (exact) mass is 519 g/mol. The first-order valence-corrected chi connectivity index (χ1v) is 19.0. The van der Waals surface area contributed by atoms with E-state index in [0.717, 1.165) is 25.7 Å². The molecule has 0 radical (unpaired) electrons. The van der Waals surface area contributed by atoms with Gasteiger partial charge in [-0.05, 0) is 42.7 Å². The second kappa shape index (κ2) is 12.3. The summed E-state index contributed by atoms with van der Waals surface area (Å²) in [4.78, 5) is 12.2. The summed E-state index contributed by atoms with van der Waals surface area (Å²) in [6.45, 7) is 23.6. The molecule has 1 N–H and O–H groups in total. The van der Waals surface area contributed by atoms with Gasteiger partial charge in [0.05, 0.1) is 12.5 Å². The maximum absolute atomic E-state index is 12.4. The number of nitrogens with zero attached hydrogens (tertiary/aromatic N) is 1. The predicted molar refractivity (Wildman–Crippen MR) is 144 cm³/mol. The Morgan fingerprint density at radius 1 is 0.941 bits per heavy atom. The Balaban J connectivity index is 3.20. The Hall–Kier alpha value is -0.326. The maximum Gasteiger partial charge on any atom is 0.246 e. The van der Waals surface area contributed by atoms with Gasteiger partial charge < -0.3 is 18.7 Å². The molecular formula is C25H53NO6Si2. The van der Waals surface area contributed by atoms with Crippen molar-refractivity contribution in [2.24, 2.45) is 5.92 Å². The summed E-state index contributed by atoms with van der Waals surface area (Å²) in [5, 5.41) is 23.4. The number of ether oxygens (including phenoxy) is 1. The van der Waals surface area contributed by atoms with Crippen LogP contribution in [0.4, 0.5) is 0 Å². The fourth-order valence-corrected chi connectivity index (χ4v) is 6.28. The molecule has 0 aliphatic carbocycles. The van der Waals surface area contributed by atoms with Gasteiger partial charge >= 0.3 is 0 Å². The van der Waals surface area contributed by atoms with Crippen molar-refractivity contribution in [1.29, 1.82) is 0 Å². The molecule has 202 valence electrons. The Morgan fingerprint density at radius 2 is 1.47 bits per heavy atom. The molecule has 1 aliphatic rings. The molecule has 1 rings (SSSR count). The van der Waals surface area contributed by atoms with Gasteiger partial charge in [0.25, 0.3) is 0 Å². The quantitative estimate of drug-likeness (QED) is 0.133. The third-order valence-corrected chi connectivity index (χ3v) is 17.3. The lowest BCUT2D eigenvalue weighted by atomic mass is 9.83. The average molecular weight is 520 g/mol. The van der Waals surface area contributed by atoms with E-state index >= 15 is 0 Å². The van der Waals surface area contributed by atoms with Gasteiger partial charge in [0.15, 0.2) is 29.0 Å². The smallest absolute Gasteiger partial charge is 0.246 e. The molecule has 0 amide bonds. The van der Waals surface area contributed by atoms with Crippen LogP contribution in [0.3, 0.4) is 0 Å². The van der Waals surface area contributed by atoms with Crippen LogP contribution < -0.4 is 0 Å². The first-order valence-electron chi connectivity index (χ1n) is 13.1. The highest BCUT2D eigenvalue weighted by Crippen LogP contribution is 2.42. The molecule has 0 aromatic heterocycles. The van der Waals surface area contributed by atoms with E-state index in [1.54, 1.807) is 0 Å². The number of aliphatic hydroxyl groups excluding tert-OH is 1. The van der Waals surface area contributed by atoms with Gasteiger partial charge in [-0.3, -0.25) is 10.1 Å². The Morgan fingerprint density at radius 3 is 1.94 bits per heavy atom. The zero-order valence-electron chi connectivity index (χ0n) is 23.8. The van der Waals surface area contributed by atoms with Crippen molar-refractivity contribution in [1.82, 2.24) is 0 Å². The normalized spacial score (nSPS) is 27.1. The SMILES string of the molecule is CCCCCCC[C@@H]1[C@H](O[Si](C)(C)C(C)(C)C)[C@@H](O)O[C@H](CO[Si](C)(C)C(C)(C)C)[C@H]1[N+](=O)[O-]. The lowest BCUT2D eigenvalue weighted by Crippen LogP contribution is -2.62. The van der Waals surface area contributed by atoms with Gasteiger partial charge in [-0.15, -0.1) is 0 Å². The highest BCUT2D eigenvalue weighted by Gasteiger charge is 2.55. The number of hydrogen-bond donors (Lipinski definition) is 1. The highest BCUT2D eigenvalue weighted by atomic mass is 28.4. The molecule has 5 atom stereocenters. The van der Waals surface area contributed by atoms with Crippen molar-refractivity contribution in [3.63, 3.8) is 0 Å². The lowest BCUT2D eigenvalue weighted by Gasteiger charge is -2.47. The number of nitro groups is 1. The zero-order valence-corrected chi connectivity index (χ0v) is 25.8. The van der Waals surface area contributed by atoms with E-state index in [9.17, 15) is 15.2 Å². The molecule has 0 aromatic carbocycles. The molecule has 0 unspecified atom stereocenters. The molecule has 0 bridgehead atoms. The van der Waals surface area contributed by atoms with Gasteiger partial charge in [0, 0.05) is 4.92 Å². The molecule has 1 fully saturated rings. The van der Waals surface area contributed by atoms with Gasteiger partial charge in [-0.2, -0.15) is 0 Å². The molecule has 34 heavy (non-hydrogen) atoms. The molecule has 0 aromatic rings. The van der Waals surface area contributed by atoms with E-state index in [-0.39, 0.29) is 21.6 Å². The second-order valence-corrected chi connectivity index (χ2v) is 22.7. The molecule has 1 saturated heterocycles. The lowest BCUT2D eigenvalue weighted by molar-refractivity contribution is -0.561. The molecule has 1 heterocycles. The maximum atomic E-state index is 12.4. The van der Waals surface area contributed by atoms with Crippen molar-refractivity contribution in [3.8, 4) is 0 Å². The van der Waals surface area contributed by atoms with Crippen molar-refractivity contribution in [2.75, 3.05) is 6.61 Å². The largest absolute Gasteiger partial charge is 0.414 e. The highest BCUT2D eigenvalue weighted by molar-refractivity contribution is 6.74. The molecular weight excluding hydrogens is 466 g/mol. The standard InChI is InChI=1S/C25H53NO6Si2/c1-12-13-14-15-16-17-19-21(26(28)29)20(18-30-33(8,9)24(2,3)4)31-23(27)22(19)32-34(10,11)25(5,6)7/h19-23,27H,12-18H2,1-11H3/t19-,20+,21-,22-,23-/m0/s1. The summed E-state index contributed by atoms with van der Waals surface area (Å²) in [7, 11) is -4.41. The van der Waals surface area contributed by atoms with Crippen LogP contribution in [0.5, 0.6) is 0 Å². The van der Waals surface area contributed by atoms with Crippen LogP contribution >= 0.6 is 0 Å². The van der Waals surface area contributed by atoms with Crippen LogP contribution in [-0.4, -0.2) is 57.8 Å². The fraction of sp³-hybridized carbons (Fsp3) is 1.00. The van der Waals surface area contributed by atoms with Crippen molar-refractivity contribution < 1.29 is 23.6 Å². The van der Waals surface area contributed by atoms with Crippen LogP contribution in [0.1, 0.15) is 87.0 Å². The van der Waals surface area contributed by atoms with Crippen LogP contribution in [0.2, 0.25) is 36.3 Å². The molecule has 0 spiro atoms. The van der Waals surface area contributed by atoms with E-state index in [2.05, 4.69) is 74.7 Å². The van der Waals surface area contributed by atoms with E-state index in [1.165, 1.54) is 6.42 Å².